The fourth-order valence-electron chi connectivity index (χ4n) is 1.45. The van der Waals surface area contributed by atoms with Crippen molar-refractivity contribution in [2.45, 2.75) is 0 Å². The van der Waals surface area contributed by atoms with Crippen LogP contribution in [-0.4, -0.2) is 61.2 Å². The van der Waals surface area contributed by atoms with Crippen molar-refractivity contribution in [1.29, 1.82) is 0 Å². The Hall–Kier alpha value is -3.44. The summed E-state index contributed by atoms with van der Waals surface area (Å²) in [5.41, 5.74) is 1.41. The van der Waals surface area contributed by atoms with Gasteiger partial charge in [-0.25, -0.2) is 0 Å². The molecule has 12 heteroatoms. The van der Waals surface area contributed by atoms with E-state index in [1.165, 1.54) is 12.4 Å². The number of nitrogens with zero attached hydrogens (tertiary/aromatic N) is 12. The molecule has 4 aromatic heterocycles. The lowest BCUT2D eigenvalue weighted by molar-refractivity contribution is 0.852. The molecule has 0 N–H and O–H groups in total. The molecule has 0 saturated carbocycles. The van der Waals surface area contributed by atoms with Crippen LogP contribution in [0.25, 0.3) is 34.0 Å². The van der Waals surface area contributed by atoms with Gasteiger partial charge in [0, 0.05) is 0 Å². The minimum atomic E-state index is 0.158. The molecule has 0 unspecified atom stereocenters. The van der Waals surface area contributed by atoms with Crippen LogP contribution in [0.5, 0.6) is 0 Å². The molecule has 0 spiro atoms. The third-order valence-corrected chi connectivity index (χ3v) is 2.33. The Labute approximate surface area is 108 Å². The first-order valence-corrected chi connectivity index (χ1v) is 5.28. The second kappa shape index (κ2) is 4.04. The standard InChI is InChI=1S/C8H2N12/c1-3-5(17-19-9-1)11-7(15-13-3)8-12-6-4(14-16-8)2-10-20-18-6/h1-2H. The maximum Gasteiger partial charge on any atom is 0.223 e. The highest BCUT2D eigenvalue weighted by Crippen LogP contribution is 2.11. The van der Waals surface area contributed by atoms with Gasteiger partial charge in [0.1, 0.15) is 0 Å². The van der Waals surface area contributed by atoms with E-state index in [9.17, 15) is 0 Å². The first kappa shape index (κ1) is 10.5. The first-order valence-electron chi connectivity index (χ1n) is 5.28. The molecule has 0 bridgehead atoms. The number of fused-ring (bicyclic) bond motifs is 2. The average Bonchev–Trinajstić information content (AvgIpc) is 2.54. The molecule has 0 aromatic carbocycles. The predicted octanol–water partition coefficient (Wildman–Crippen LogP) is -1.60. The highest BCUT2D eigenvalue weighted by Gasteiger charge is 2.11. The Morgan fingerprint density at radius 2 is 1.05 bits per heavy atom. The summed E-state index contributed by atoms with van der Waals surface area (Å²) < 4.78 is 0. The van der Waals surface area contributed by atoms with Crippen molar-refractivity contribution in [3.05, 3.63) is 12.4 Å². The molecule has 94 valence electrons. The Balaban J connectivity index is 1.91. The second-order valence-corrected chi connectivity index (χ2v) is 3.56. The topological polar surface area (TPSA) is 155 Å². The lowest BCUT2D eigenvalue weighted by Gasteiger charge is -1.98. The SMILES string of the molecule is c1nnnc2nc(-c3nnc4cnnnc4n3)nnc12. The molecule has 0 fully saturated rings. The summed E-state index contributed by atoms with van der Waals surface area (Å²) in [5.74, 6) is 0.317. The van der Waals surface area contributed by atoms with Gasteiger partial charge in [0.05, 0.1) is 12.4 Å². The Morgan fingerprint density at radius 3 is 1.55 bits per heavy atom. The van der Waals surface area contributed by atoms with Gasteiger partial charge in [-0.3, -0.25) is 0 Å². The van der Waals surface area contributed by atoms with Crippen molar-refractivity contribution < 1.29 is 0 Å². The number of hydrogen-bond acceptors (Lipinski definition) is 12. The van der Waals surface area contributed by atoms with E-state index >= 15 is 0 Å². The van der Waals surface area contributed by atoms with E-state index in [4.69, 9.17) is 0 Å². The van der Waals surface area contributed by atoms with Gasteiger partial charge < -0.3 is 0 Å². The minimum absolute atomic E-state index is 0.158. The van der Waals surface area contributed by atoms with Crippen LogP contribution in [-0.2, 0) is 0 Å². The fraction of sp³-hybridized carbons (Fsp3) is 0. The second-order valence-electron chi connectivity index (χ2n) is 3.56. The van der Waals surface area contributed by atoms with Gasteiger partial charge in [0.15, 0.2) is 11.0 Å². The molecule has 0 amide bonds. The smallest absolute Gasteiger partial charge is 0.200 e. The van der Waals surface area contributed by atoms with Gasteiger partial charge in [0.2, 0.25) is 22.9 Å². The summed E-state index contributed by atoms with van der Waals surface area (Å²) in [6.07, 6.45) is 2.81. The normalized spacial score (nSPS) is 11.0. The Kier molecular flexibility index (Phi) is 2.12. The molecule has 0 radical (unpaired) electrons. The molecule has 0 aliphatic rings. The van der Waals surface area contributed by atoms with Crippen LogP contribution in [0, 0.1) is 0 Å². The van der Waals surface area contributed by atoms with E-state index in [0.29, 0.717) is 11.0 Å². The summed E-state index contributed by atoms with van der Waals surface area (Å²) in [6, 6.07) is 0. The third kappa shape index (κ3) is 1.63. The first-order chi connectivity index (χ1) is 9.90. The van der Waals surface area contributed by atoms with E-state index in [1.807, 2.05) is 0 Å². The van der Waals surface area contributed by atoms with Crippen molar-refractivity contribution in [3.8, 4) is 11.6 Å². The van der Waals surface area contributed by atoms with Crippen LogP contribution in [0.1, 0.15) is 0 Å². The molecule has 4 rings (SSSR count). The largest absolute Gasteiger partial charge is 0.223 e. The van der Waals surface area contributed by atoms with Gasteiger partial charge in [-0.2, -0.15) is 9.97 Å². The van der Waals surface area contributed by atoms with Crippen molar-refractivity contribution in [2.24, 2.45) is 0 Å². The summed E-state index contributed by atoms with van der Waals surface area (Å²) >= 11 is 0. The van der Waals surface area contributed by atoms with Crippen LogP contribution >= 0.6 is 0 Å². The van der Waals surface area contributed by atoms with Crippen LogP contribution in [0.15, 0.2) is 12.4 Å². The lowest BCUT2D eigenvalue weighted by Crippen LogP contribution is -2.03. The van der Waals surface area contributed by atoms with Gasteiger partial charge in [0.25, 0.3) is 0 Å². The van der Waals surface area contributed by atoms with Crippen LogP contribution in [0.3, 0.4) is 0 Å². The van der Waals surface area contributed by atoms with Crippen molar-refractivity contribution in [2.75, 3.05) is 0 Å². The van der Waals surface area contributed by atoms with Gasteiger partial charge in [-0.15, -0.1) is 40.8 Å². The van der Waals surface area contributed by atoms with E-state index in [1.54, 1.807) is 0 Å². The third-order valence-electron chi connectivity index (χ3n) is 2.33. The van der Waals surface area contributed by atoms with Gasteiger partial charge in [-0.05, 0) is 10.4 Å². The van der Waals surface area contributed by atoms with Crippen molar-refractivity contribution in [1.82, 2.24) is 61.2 Å². The number of rotatable bonds is 1. The van der Waals surface area contributed by atoms with Crippen LogP contribution < -0.4 is 0 Å². The summed E-state index contributed by atoms with van der Waals surface area (Å²) in [7, 11) is 0. The van der Waals surface area contributed by atoms with E-state index in [-0.39, 0.29) is 22.9 Å². The molecule has 4 heterocycles. The summed E-state index contributed by atoms with van der Waals surface area (Å²) in [4.78, 5) is 8.27. The summed E-state index contributed by atoms with van der Waals surface area (Å²) in [6.45, 7) is 0. The van der Waals surface area contributed by atoms with Gasteiger partial charge >= 0.3 is 0 Å². The van der Waals surface area contributed by atoms with E-state index < -0.39 is 0 Å². The molecular formula is C8H2N12. The Morgan fingerprint density at radius 1 is 0.550 bits per heavy atom. The molecule has 0 aliphatic carbocycles. The molecular weight excluding hydrogens is 264 g/mol. The quantitative estimate of drug-likeness (QED) is 0.389. The number of aromatic nitrogens is 12. The maximum absolute atomic E-state index is 4.14. The van der Waals surface area contributed by atoms with Crippen LogP contribution in [0.2, 0.25) is 0 Å². The highest BCUT2D eigenvalue weighted by atomic mass is 15.3. The highest BCUT2D eigenvalue weighted by molar-refractivity contribution is 5.70. The molecule has 4 aromatic rings. The van der Waals surface area contributed by atoms with E-state index in [2.05, 4.69) is 61.2 Å². The predicted molar refractivity (Wildman–Crippen MR) is 60.4 cm³/mol. The van der Waals surface area contributed by atoms with Crippen molar-refractivity contribution >= 4 is 22.3 Å². The molecule has 0 saturated heterocycles. The van der Waals surface area contributed by atoms with E-state index in [0.717, 1.165) is 0 Å². The zero-order valence-corrected chi connectivity index (χ0v) is 9.52. The lowest BCUT2D eigenvalue weighted by atomic mass is 10.5. The van der Waals surface area contributed by atoms with Crippen molar-refractivity contribution in [3.63, 3.8) is 0 Å². The molecule has 0 aliphatic heterocycles. The molecule has 20 heavy (non-hydrogen) atoms. The zero-order chi connectivity index (χ0) is 13.4. The van der Waals surface area contributed by atoms with Gasteiger partial charge in [-0.1, -0.05) is 0 Å². The maximum atomic E-state index is 4.14. The minimum Gasteiger partial charge on any atom is -0.200 e. The Bertz CT molecular complexity index is 846. The molecule has 12 nitrogen and oxygen atoms in total. The fourth-order valence-corrected chi connectivity index (χ4v) is 1.45. The number of hydrogen-bond donors (Lipinski definition) is 0. The molecule has 0 atom stereocenters. The average molecular weight is 266 g/mol. The summed E-state index contributed by atoms with van der Waals surface area (Å²) in [5, 5.41) is 37.2. The monoisotopic (exact) mass is 266 g/mol. The zero-order valence-electron chi connectivity index (χ0n) is 9.52. The van der Waals surface area contributed by atoms with Crippen LogP contribution in [0.4, 0.5) is 0 Å².